The van der Waals surface area contributed by atoms with Crippen molar-refractivity contribution in [3.63, 3.8) is 0 Å². The Morgan fingerprint density at radius 1 is 1.38 bits per heavy atom. The predicted molar refractivity (Wildman–Crippen MR) is 85.7 cm³/mol. The van der Waals surface area contributed by atoms with Crippen molar-refractivity contribution in [3.8, 4) is 10.4 Å². The lowest BCUT2D eigenvalue weighted by molar-refractivity contribution is 0.660. The summed E-state index contributed by atoms with van der Waals surface area (Å²) in [5, 5.41) is 5.63. The molecule has 108 valence electrons. The van der Waals surface area contributed by atoms with Crippen LogP contribution in [0.5, 0.6) is 0 Å². The Morgan fingerprint density at radius 3 is 3.10 bits per heavy atom. The van der Waals surface area contributed by atoms with E-state index in [1.165, 1.54) is 0 Å². The van der Waals surface area contributed by atoms with E-state index in [-0.39, 0.29) is 5.28 Å². The first kappa shape index (κ1) is 14.0. The minimum absolute atomic E-state index is 0.257. The molecule has 0 aliphatic carbocycles. The first-order valence-electron chi connectivity index (χ1n) is 6.59. The van der Waals surface area contributed by atoms with Crippen molar-refractivity contribution < 1.29 is 0 Å². The molecule has 0 spiro atoms. The van der Waals surface area contributed by atoms with Crippen molar-refractivity contribution in [2.45, 2.75) is 13.0 Å². The van der Waals surface area contributed by atoms with Gasteiger partial charge >= 0.3 is 0 Å². The largest absolute Gasteiger partial charge is 0.369 e. The molecule has 0 bridgehead atoms. The van der Waals surface area contributed by atoms with Gasteiger partial charge in [-0.15, -0.1) is 11.3 Å². The Kier molecular flexibility index (Phi) is 4.47. The molecule has 0 aromatic carbocycles. The number of nitrogens with zero attached hydrogens (tertiary/aromatic N) is 4. The molecule has 0 saturated carbocycles. The quantitative estimate of drug-likeness (QED) is 0.557. The first-order valence-corrected chi connectivity index (χ1v) is 7.85. The van der Waals surface area contributed by atoms with E-state index in [0.717, 1.165) is 35.8 Å². The Balaban J connectivity index is 1.65. The maximum absolute atomic E-state index is 5.90. The number of hydrogen-bond acceptors (Lipinski definition) is 5. The zero-order valence-electron chi connectivity index (χ0n) is 11.2. The van der Waals surface area contributed by atoms with Gasteiger partial charge in [0.05, 0.1) is 11.9 Å². The summed E-state index contributed by atoms with van der Waals surface area (Å²) in [5.41, 5.74) is 0.983. The van der Waals surface area contributed by atoms with Gasteiger partial charge in [0.15, 0.2) is 0 Å². The van der Waals surface area contributed by atoms with E-state index in [1.54, 1.807) is 23.7 Å². The Bertz CT molecular complexity index is 681. The molecule has 0 amide bonds. The second kappa shape index (κ2) is 6.69. The molecule has 0 aliphatic heterocycles. The summed E-state index contributed by atoms with van der Waals surface area (Å²) in [6, 6.07) is 4.06. The molecule has 1 N–H and O–H groups in total. The maximum Gasteiger partial charge on any atom is 0.224 e. The third-order valence-corrected chi connectivity index (χ3v) is 4.08. The summed E-state index contributed by atoms with van der Waals surface area (Å²) in [6.07, 6.45) is 8.30. The zero-order valence-corrected chi connectivity index (χ0v) is 12.8. The van der Waals surface area contributed by atoms with Crippen molar-refractivity contribution >= 4 is 28.8 Å². The van der Waals surface area contributed by atoms with Crippen LogP contribution in [0.25, 0.3) is 10.4 Å². The highest BCUT2D eigenvalue weighted by Crippen LogP contribution is 2.30. The Morgan fingerprint density at radius 2 is 2.33 bits per heavy atom. The van der Waals surface area contributed by atoms with Gasteiger partial charge in [-0.3, -0.25) is 0 Å². The third-order valence-electron chi connectivity index (χ3n) is 2.99. The van der Waals surface area contributed by atoms with Crippen molar-refractivity contribution in [2.75, 3.05) is 11.9 Å². The van der Waals surface area contributed by atoms with E-state index in [1.807, 2.05) is 30.0 Å². The lowest BCUT2D eigenvalue weighted by Gasteiger charge is -2.10. The second-order valence-electron chi connectivity index (χ2n) is 4.46. The van der Waals surface area contributed by atoms with Gasteiger partial charge in [0.25, 0.3) is 0 Å². The van der Waals surface area contributed by atoms with Gasteiger partial charge in [-0.25, -0.2) is 15.0 Å². The molecule has 7 heteroatoms. The van der Waals surface area contributed by atoms with Crippen LogP contribution in [0.3, 0.4) is 0 Å². The molecule has 3 rings (SSSR count). The molecule has 0 radical (unpaired) electrons. The normalized spacial score (nSPS) is 10.7. The lowest BCUT2D eigenvalue weighted by Crippen LogP contribution is -2.08. The van der Waals surface area contributed by atoms with Crippen LogP contribution in [0.15, 0.2) is 42.4 Å². The van der Waals surface area contributed by atoms with E-state index < -0.39 is 0 Å². The van der Waals surface area contributed by atoms with Gasteiger partial charge in [0.2, 0.25) is 5.28 Å². The number of imidazole rings is 1. The minimum Gasteiger partial charge on any atom is -0.369 e. The van der Waals surface area contributed by atoms with Gasteiger partial charge in [0, 0.05) is 36.6 Å². The smallest absolute Gasteiger partial charge is 0.224 e. The molecule has 0 aliphatic rings. The molecule has 3 aromatic heterocycles. The number of rotatable bonds is 6. The Labute approximate surface area is 131 Å². The van der Waals surface area contributed by atoms with Crippen LogP contribution in [-0.4, -0.2) is 26.1 Å². The van der Waals surface area contributed by atoms with Gasteiger partial charge in [-0.2, -0.15) is 0 Å². The van der Waals surface area contributed by atoms with Gasteiger partial charge in [-0.05, 0) is 29.5 Å². The Hall–Kier alpha value is -1.92. The number of anilines is 1. The molecular weight excluding hydrogens is 306 g/mol. The zero-order chi connectivity index (χ0) is 14.5. The first-order chi connectivity index (χ1) is 10.3. The molecular formula is C14H14ClN5S. The lowest BCUT2D eigenvalue weighted by atomic mass is 10.2. The maximum atomic E-state index is 5.90. The standard InChI is InChI=1S/C14H14ClN5S/c15-14-18-9-11(12-3-1-8-21-12)13(19-14)17-4-2-6-20-7-5-16-10-20/h1,3,5,7-10H,2,4,6H2,(H,17,18,19). The highest BCUT2D eigenvalue weighted by molar-refractivity contribution is 7.13. The van der Waals surface area contributed by atoms with Crippen LogP contribution in [0, 0.1) is 0 Å². The summed E-state index contributed by atoms with van der Waals surface area (Å²) >= 11 is 7.56. The SMILES string of the molecule is Clc1ncc(-c2cccs2)c(NCCCn2ccnc2)n1. The number of nitrogens with one attached hydrogen (secondary N) is 1. The van der Waals surface area contributed by atoms with Crippen molar-refractivity contribution in [1.82, 2.24) is 19.5 Å². The molecule has 21 heavy (non-hydrogen) atoms. The molecule has 0 unspecified atom stereocenters. The monoisotopic (exact) mass is 319 g/mol. The fourth-order valence-electron chi connectivity index (χ4n) is 1.99. The van der Waals surface area contributed by atoms with Gasteiger partial charge < -0.3 is 9.88 Å². The fraction of sp³-hybridized carbons (Fsp3) is 0.214. The molecule has 3 heterocycles. The summed E-state index contributed by atoms with van der Waals surface area (Å²) in [5.74, 6) is 0.781. The fourth-order valence-corrected chi connectivity index (χ4v) is 2.87. The van der Waals surface area contributed by atoms with Crippen LogP contribution in [0.1, 0.15) is 6.42 Å². The van der Waals surface area contributed by atoms with Crippen LogP contribution in [0.2, 0.25) is 5.28 Å². The number of halogens is 1. The second-order valence-corrected chi connectivity index (χ2v) is 5.75. The predicted octanol–water partition coefficient (Wildman–Crippen LogP) is 3.56. The van der Waals surface area contributed by atoms with Crippen molar-refractivity contribution in [3.05, 3.63) is 47.7 Å². The molecule has 3 aromatic rings. The van der Waals surface area contributed by atoms with E-state index in [0.29, 0.717) is 0 Å². The third kappa shape index (κ3) is 3.59. The van der Waals surface area contributed by atoms with Crippen LogP contribution in [0.4, 0.5) is 5.82 Å². The van der Waals surface area contributed by atoms with Gasteiger partial charge in [0.1, 0.15) is 5.82 Å². The molecule has 0 saturated heterocycles. The highest BCUT2D eigenvalue weighted by atomic mass is 35.5. The molecule has 5 nitrogen and oxygen atoms in total. The number of aromatic nitrogens is 4. The number of aryl methyl sites for hydroxylation is 1. The van der Waals surface area contributed by atoms with Crippen LogP contribution < -0.4 is 5.32 Å². The molecule has 0 atom stereocenters. The average molecular weight is 320 g/mol. The van der Waals surface area contributed by atoms with E-state index in [4.69, 9.17) is 11.6 Å². The van der Waals surface area contributed by atoms with Crippen LogP contribution >= 0.6 is 22.9 Å². The van der Waals surface area contributed by atoms with Crippen LogP contribution in [-0.2, 0) is 6.54 Å². The van der Waals surface area contributed by atoms with E-state index in [2.05, 4.69) is 24.8 Å². The number of hydrogen-bond donors (Lipinski definition) is 1. The average Bonchev–Trinajstić information content (AvgIpc) is 3.17. The summed E-state index contributed by atoms with van der Waals surface area (Å²) in [6.45, 7) is 1.73. The highest BCUT2D eigenvalue weighted by Gasteiger charge is 2.09. The topological polar surface area (TPSA) is 55.6 Å². The summed E-state index contributed by atoms with van der Waals surface area (Å²) in [7, 11) is 0. The van der Waals surface area contributed by atoms with Crippen molar-refractivity contribution in [2.24, 2.45) is 0 Å². The van der Waals surface area contributed by atoms with E-state index >= 15 is 0 Å². The summed E-state index contributed by atoms with van der Waals surface area (Å²) in [4.78, 5) is 13.5. The summed E-state index contributed by atoms with van der Waals surface area (Å²) < 4.78 is 2.05. The minimum atomic E-state index is 0.257. The van der Waals surface area contributed by atoms with E-state index in [9.17, 15) is 0 Å². The van der Waals surface area contributed by atoms with Crippen molar-refractivity contribution in [1.29, 1.82) is 0 Å². The van der Waals surface area contributed by atoms with Gasteiger partial charge in [-0.1, -0.05) is 6.07 Å². The number of thiophene rings is 1. The molecule has 0 fully saturated rings.